The molecule has 1 amide bonds. The fourth-order valence-electron chi connectivity index (χ4n) is 3.30. The van der Waals surface area contributed by atoms with Crippen molar-refractivity contribution in [3.8, 4) is 11.5 Å². The van der Waals surface area contributed by atoms with E-state index in [1.807, 2.05) is 73.2 Å². The maximum absolute atomic E-state index is 13.0. The van der Waals surface area contributed by atoms with Gasteiger partial charge in [0.25, 0.3) is 5.91 Å². The minimum Gasteiger partial charge on any atom is -0.493 e. The van der Waals surface area contributed by atoms with Gasteiger partial charge in [0, 0.05) is 23.6 Å². The van der Waals surface area contributed by atoms with Crippen molar-refractivity contribution in [2.24, 2.45) is 0 Å². The third-order valence-corrected chi connectivity index (χ3v) is 4.69. The van der Waals surface area contributed by atoms with Crippen molar-refractivity contribution in [1.29, 1.82) is 0 Å². The number of ether oxygens (including phenoxy) is 2. The van der Waals surface area contributed by atoms with Gasteiger partial charge >= 0.3 is 0 Å². The predicted octanol–water partition coefficient (Wildman–Crippen LogP) is 4.73. The lowest BCUT2D eigenvalue weighted by Crippen LogP contribution is -2.26. The van der Waals surface area contributed by atoms with Gasteiger partial charge in [-0.3, -0.25) is 4.79 Å². The number of allylic oxidation sites excluding steroid dienone is 1. The monoisotopic (exact) mass is 378 g/mol. The number of rotatable bonds is 8. The van der Waals surface area contributed by atoms with Gasteiger partial charge in [-0.15, -0.1) is 6.58 Å². The lowest BCUT2D eigenvalue weighted by Gasteiger charge is -2.17. The maximum Gasteiger partial charge on any atom is 0.253 e. The second kappa shape index (κ2) is 8.65. The molecular weight excluding hydrogens is 352 g/mol. The van der Waals surface area contributed by atoms with Gasteiger partial charge in [0.05, 0.1) is 25.3 Å². The van der Waals surface area contributed by atoms with Crippen LogP contribution in [0.1, 0.15) is 35.8 Å². The van der Waals surface area contributed by atoms with Crippen LogP contribution in [-0.2, 0) is 6.54 Å². The van der Waals surface area contributed by atoms with Crippen molar-refractivity contribution >= 4 is 16.8 Å². The van der Waals surface area contributed by atoms with E-state index < -0.39 is 0 Å². The van der Waals surface area contributed by atoms with Gasteiger partial charge < -0.3 is 19.4 Å². The van der Waals surface area contributed by atoms with Crippen molar-refractivity contribution in [1.82, 2.24) is 9.88 Å². The number of nitrogens with one attached hydrogen (secondary N) is 1. The minimum atomic E-state index is -0.182. The van der Waals surface area contributed by atoms with Crippen LogP contribution < -0.4 is 14.8 Å². The standard InChI is InChI=1S/C23H26N2O3/c1-5-13-25-15-19(18-9-7-8-10-20(18)25)23(26)24-16(3)17-11-12-21(28-6-2)22(14-17)27-4/h5,7-12,14-16H,1,6,13H2,2-4H3,(H,24,26)/t16-/m1/s1. The summed E-state index contributed by atoms with van der Waals surface area (Å²) in [6.07, 6.45) is 3.70. The number of hydrogen-bond acceptors (Lipinski definition) is 3. The van der Waals surface area contributed by atoms with Crippen LogP contribution in [0.15, 0.2) is 61.3 Å². The van der Waals surface area contributed by atoms with Crippen molar-refractivity contribution in [2.75, 3.05) is 13.7 Å². The summed E-state index contributed by atoms with van der Waals surface area (Å²) >= 11 is 0. The number of nitrogens with zero attached hydrogens (tertiary/aromatic N) is 1. The summed E-state index contributed by atoms with van der Waals surface area (Å²) in [5.41, 5.74) is 2.62. The van der Waals surface area contributed by atoms with Crippen LogP contribution >= 0.6 is 0 Å². The molecule has 3 rings (SSSR count). The van der Waals surface area contributed by atoms with Gasteiger partial charge in [-0.1, -0.05) is 30.3 Å². The second-order valence-corrected chi connectivity index (χ2v) is 6.54. The Morgan fingerprint density at radius 3 is 2.75 bits per heavy atom. The first-order valence-corrected chi connectivity index (χ1v) is 9.39. The highest BCUT2D eigenvalue weighted by Gasteiger charge is 2.18. The quantitative estimate of drug-likeness (QED) is 0.577. The second-order valence-electron chi connectivity index (χ2n) is 6.54. The van der Waals surface area contributed by atoms with Crippen molar-refractivity contribution in [3.05, 3.63) is 72.4 Å². The van der Waals surface area contributed by atoms with E-state index in [1.54, 1.807) is 7.11 Å². The zero-order valence-electron chi connectivity index (χ0n) is 16.6. The Kier molecular flexibility index (Phi) is 6.04. The van der Waals surface area contributed by atoms with E-state index in [9.17, 15) is 4.79 Å². The van der Waals surface area contributed by atoms with E-state index in [-0.39, 0.29) is 11.9 Å². The van der Waals surface area contributed by atoms with E-state index in [0.717, 1.165) is 16.5 Å². The molecule has 0 aliphatic heterocycles. The highest BCUT2D eigenvalue weighted by Crippen LogP contribution is 2.30. The number of carbonyl (C=O) groups is 1. The third-order valence-electron chi connectivity index (χ3n) is 4.69. The molecule has 0 aliphatic carbocycles. The molecule has 5 heteroatoms. The summed E-state index contributed by atoms with van der Waals surface area (Å²) in [5.74, 6) is 1.24. The Balaban J connectivity index is 1.85. The number of hydrogen-bond donors (Lipinski definition) is 1. The van der Waals surface area contributed by atoms with Crippen LogP contribution in [0.2, 0.25) is 0 Å². The van der Waals surface area contributed by atoms with E-state index in [4.69, 9.17) is 9.47 Å². The zero-order valence-corrected chi connectivity index (χ0v) is 16.6. The van der Waals surface area contributed by atoms with Crippen LogP contribution in [0.4, 0.5) is 0 Å². The molecule has 0 spiro atoms. The summed E-state index contributed by atoms with van der Waals surface area (Å²) < 4.78 is 13.0. The number of amides is 1. The van der Waals surface area contributed by atoms with Crippen molar-refractivity contribution in [2.45, 2.75) is 26.4 Å². The van der Waals surface area contributed by atoms with E-state index >= 15 is 0 Å². The summed E-state index contributed by atoms with van der Waals surface area (Å²) in [4.78, 5) is 13.0. The molecule has 0 bridgehead atoms. The molecule has 28 heavy (non-hydrogen) atoms. The lowest BCUT2D eigenvalue weighted by atomic mass is 10.1. The Labute approximate surface area is 165 Å². The summed E-state index contributed by atoms with van der Waals surface area (Å²) in [5, 5.41) is 4.02. The molecule has 3 aromatic rings. The number of methoxy groups -OCH3 is 1. The fraction of sp³-hybridized carbons (Fsp3) is 0.261. The molecule has 0 saturated heterocycles. The number of aromatic nitrogens is 1. The van der Waals surface area contributed by atoms with Crippen LogP contribution in [-0.4, -0.2) is 24.2 Å². The average molecular weight is 378 g/mol. The molecule has 0 fully saturated rings. The number of carbonyl (C=O) groups excluding carboxylic acids is 1. The topological polar surface area (TPSA) is 52.5 Å². The molecule has 0 saturated carbocycles. The Morgan fingerprint density at radius 2 is 2.04 bits per heavy atom. The van der Waals surface area contributed by atoms with Crippen LogP contribution in [0, 0.1) is 0 Å². The number of benzene rings is 2. The molecule has 2 aromatic carbocycles. The molecule has 0 aliphatic rings. The van der Waals surface area contributed by atoms with Gasteiger partial charge in [0.15, 0.2) is 11.5 Å². The molecule has 1 aromatic heterocycles. The Morgan fingerprint density at radius 1 is 1.25 bits per heavy atom. The smallest absolute Gasteiger partial charge is 0.253 e. The molecule has 0 unspecified atom stereocenters. The Hall–Kier alpha value is -3.21. The minimum absolute atomic E-state index is 0.112. The van der Waals surface area contributed by atoms with Gasteiger partial charge in [0.2, 0.25) is 0 Å². The third kappa shape index (κ3) is 3.88. The van der Waals surface area contributed by atoms with E-state index in [1.165, 1.54) is 0 Å². The van der Waals surface area contributed by atoms with Crippen LogP contribution in [0.25, 0.3) is 10.9 Å². The largest absolute Gasteiger partial charge is 0.493 e. The summed E-state index contributed by atoms with van der Waals surface area (Å²) in [6, 6.07) is 13.4. The van der Waals surface area contributed by atoms with Crippen molar-refractivity contribution < 1.29 is 14.3 Å². The fourth-order valence-corrected chi connectivity index (χ4v) is 3.30. The molecular formula is C23H26N2O3. The highest BCUT2D eigenvalue weighted by atomic mass is 16.5. The van der Waals surface area contributed by atoms with Crippen LogP contribution in [0.3, 0.4) is 0 Å². The Bertz CT molecular complexity index is 991. The average Bonchev–Trinajstić information content (AvgIpc) is 3.07. The number of fused-ring (bicyclic) bond motifs is 1. The van der Waals surface area contributed by atoms with E-state index in [0.29, 0.717) is 30.2 Å². The normalized spacial score (nSPS) is 11.8. The first-order valence-electron chi connectivity index (χ1n) is 9.39. The summed E-state index contributed by atoms with van der Waals surface area (Å²) in [6.45, 7) is 8.90. The van der Waals surface area contributed by atoms with Gasteiger partial charge in [0.1, 0.15) is 0 Å². The molecule has 1 N–H and O–H groups in total. The van der Waals surface area contributed by atoms with Gasteiger partial charge in [-0.2, -0.15) is 0 Å². The first-order chi connectivity index (χ1) is 13.6. The molecule has 1 atom stereocenters. The SMILES string of the molecule is C=CCn1cc(C(=O)N[C@H](C)c2ccc(OCC)c(OC)c2)c2ccccc21. The van der Waals surface area contributed by atoms with Crippen LogP contribution in [0.5, 0.6) is 11.5 Å². The first kappa shape index (κ1) is 19.5. The predicted molar refractivity (Wildman–Crippen MR) is 112 cm³/mol. The molecule has 1 heterocycles. The summed E-state index contributed by atoms with van der Waals surface area (Å²) in [7, 11) is 1.61. The highest BCUT2D eigenvalue weighted by molar-refractivity contribution is 6.07. The molecule has 0 radical (unpaired) electrons. The number of para-hydroxylation sites is 1. The van der Waals surface area contributed by atoms with Crippen molar-refractivity contribution in [3.63, 3.8) is 0 Å². The molecule has 146 valence electrons. The van der Waals surface area contributed by atoms with E-state index in [2.05, 4.69) is 11.9 Å². The van der Waals surface area contributed by atoms with Gasteiger partial charge in [-0.05, 0) is 37.6 Å². The lowest BCUT2D eigenvalue weighted by molar-refractivity contribution is 0.0941. The maximum atomic E-state index is 13.0. The molecule has 5 nitrogen and oxygen atoms in total. The van der Waals surface area contributed by atoms with Gasteiger partial charge in [-0.25, -0.2) is 0 Å². The zero-order chi connectivity index (χ0) is 20.1.